The summed E-state index contributed by atoms with van der Waals surface area (Å²) in [5.41, 5.74) is 1.12. The molecule has 112 valence electrons. The fourth-order valence-electron chi connectivity index (χ4n) is 3.33. The summed E-state index contributed by atoms with van der Waals surface area (Å²) in [6.07, 6.45) is 1.06. The molecule has 7 heteroatoms. The number of likely N-dealkylation sites (tertiary alicyclic amines) is 1. The summed E-state index contributed by atoms with van der Waals surface area (Å²) >= 11 is 5.28. The van der Waals surface area contributed by atoms with Crippen LogP contribution >= 0.6 is 12.2 Å². The van der Waals surface area contributed by atoms with Gasteiger partial charge in [0.2, 0.25) is 0 Å². The van der Waals surface area contributed by atoms with Gasteiger partial charge in [0.15, 0.2) is 5.11 Å². The zero-order valence-electron chi connectivity index (χ0n) is 11.5. The summed E-state index contributed by atoms with van der Waals surface area (Å²) in [5, 5.41) is 12.0. The van der Waals surface area contributed by atoms with Crippen molar-refractivity contribution in [2.24, 2.45) is 5.92 Å². The van der Waals surface area contributed by atoms with Crippen LogP contribution in [-0.4, -0.2) is 45.3 Å². The lowest BCUT2D eigenvalue weighted by molar-refractivity contribution is -0.135. The number of nitrogens with one attached hydrogen (secondary N) is 1. The fourth-order valence-corrected chi connectivity index (χ4v) is 3.55. The smallest absolute Gasteiger partial charge is 0.322 e. The third kappa shape index (κ3) is 2.78. The van der Waals surface area contributed by atoms with E-state index in [9.17, 15) is 9.59 Å². The Morgan fingerprint density at radius 1 is 1.38 bits per heavy atom. The minimum Gasteiger partial charge on any atom is -0.480 e. The van der Waals surface area contributed by atoms with Crippen molar-refractivity contribution < 1.29 is 9.90 Å². The standard InChI is InChI=1S/C14H17N3O3S/c18-12-3-1-2-11-10-4-9(7-17(11)12)6-16(8-10)14(21)15-5-13(19)20/h1-3,9-10H,4-8H2,(H,15,21)(H,19,20)/t9-,10-/m1/s1. The number of aliphatic carboxylic acids is 1. The second-order valence-corrected chi connectivity index (χ2v) is 6.04. The van der Waals surface area contributed by atoms with Gasteiger partial charge in [-0.15, -0.1) is 0 Å². The Balaban J connectivity index is 1.77. The maximum absolute atomic E-state index is 11.9. The summed E-state index contributed by atoms with van der Waals surface area (Å²) in [5.74, 6) is -0.275. The number of pyridine rings is 1. The zero-order valence-corrected chi connectivity index (χ0v) is 12.3. The molecule has 6 nitrogen and oxygen atoms in total. The average molecular weight is 307 g/mol. The molecular formula is C14H17N3O3S. The largest absolute Gasteiger partial charge is 0.480 e. The molecule has 1 saturated heterocycles. The van der Waals surface area contributed by atoms with Crippen LogP contribution in [0.5, 0.6) is 0 Å². The molecule has 0 amide bonds. The molecule has 2 aliphatic rings. The van der Waals surface area contributed by atoms with E-state index in [0.717, 1.165) is 25.2 Å². The highest BCUT2D eigenvalue weighted by atomic mass is 32.1. The number of carboxylic acids is 1. The summed E-state index contributed by atoms with van der Waals surface area (Å²) in [6.45, 7) is 2.04. The molecule has 2 bridgehead atoms. The molecule has 2 atom stereocenters. The van der Waals surface area contributed by atoms with Crippen LogP contribution in [0.25, 0.3) is 0 Å². The van der Waals surface area contributed by atoms with Crippen molar-refractivity contribution in [1.29, 1.82) is 0 Å². The highest BCUT2D eigenvalue weighted by Gasteiger charge is 2.35. The van der Waals surface area contributed by atoms with E-state index in [1.165, 1.54) is 0 Å². The van der Waals surface area contributed by atoms with Gasteiger partial charge >= 0.3 is 5.97 Å². The highest BCUT2D eigenvalue weighted by Crippen LogP contribution is 2.34. The number of carboxylic acid groups (broad SMARTS) is 1. The quantitative estimate of drug-likeness (QED) is 0.762. The minimum absolute atomic E-state index is 0.0576. The molecule has 0 spiro atoms. The van der Waals surface area contributed by atoms with E-state index in [-0.39, 0.29) is 18.0 Å². The van der Waals surface area contributed by atoms with E-state index in [1.54, 1.807) is 12.1 Å². The Labute approximate surface area is 127 Å². The van der Waals surface area contributed by atoms with Crippen molar-refractivity contribution in [2.75, 3.05) is 19.6 Å². The zero-order chi connectivity index (χ0) is 15.0. The lowest BCUT2D eigenvalue weighted by Gasteiger charge is -2.43. The predicted octanol–water partition coefficient (Wildman–Crippen LogP) is 0.226. The van der Waals surface area contributed by atoms with Gasteiger partial charge in [-0.25, -0.2) is 0 Å². The van der Waals surface area contributed by atoms with Crippen LogP contribution in [0.3, 0.4) is 0 Å². The van der Waals surface area contributed by atoms with Crippen molar-refractivity contribution >= 4 is 23.3 Å². The molecule has 0 aliphatic carbocycles. The van der Waals surface area contributed by atoms with E-state index in [2.05, 4.69) is 5.32 Å². The van der Waals surface area contributed by atoms with Gasteiger partial charge < -0.3 is 19.9 Å². The molecule has 2 N–H and O–H groups in total. The molecule has 3 heterocycles. The molecule has 0 saturated carbocycles. The van der Waals surface area contributed by atoms with E-state index in [1.807, 2.05) is 15.5 Å². The Kier molecular flexibility index (Phi) is 3.67. The Morgan fingerprint density at radius 2 is 2.19 bits per heavy atom. The van der Waals surface area contributed by atoms with Crippen molar-refractivity contribution in [2.45, 2.75) is 18.9 Å². The lowest BCUT2D eigenvalue weighted by atomic mass is 9.83. The molecule has 1 aromatic rings. The number of nitrogens with zero attached hydrogens (tertiary/aromatic N) is 2. The topological polar surface area (TPSA) is 74.6 Å². The van der Waals surface area contributed by atoms with Crippen LogP contribution in [-0.2, 0) is 11.3 Å². The normalized spacial score (nSPS) is 23.3. The fraction of sp³-hybridized carbons (Fsp3) is 0.500. The number of fused-ring (bicyclic) bond motifs is 4. The highest BCUT2D eigenvalue weighted by molar-refractivity contribution is 7.80. The van der Waals surface area contributed by atoms with Gasteiger partial charge in [0, 0.05) is 37.3 Å². The Morgan fingerprint density at radius 3 is 2.95 bits per heavy atom. The monoisotopic (exact) mass is 307 g/mol. The second-order valence-electron chi connectivity index (χ2n) is 5.66. The first-order valence-electron chi connectivity index (χ1n) is 6.99. The third-order valence-electron chi connectivity index (χ3n) is 4.16. The molecule has 21 heavy (non-hydrogen) atoms. The maximum atomic E-state index is 11.9. The van der Waals surface area contributed by atoms with E-state index in [4.69, 9.17) is 17.3 Å². The minimum atomic E-state index is -0.925. The molecule has 1 fully saturated rings. The van der Waals surface area contributed by atoms with Crippen LogP contribution < -0.4 is 10.9 Å². The lowest BCUT2D eigenvalue weighted by Crippen LogP contribution is -2.52. The van der Waals surface area contributed by atoms with Gasteiger partial charge in [-0.05, 0) is 30.6 Å². The van der Waals surface area contributed by atoms with Crippen LogP contribution in [0.4, 0.5) is 0 Å². The van der Waals surface area contributed by atoms with Gasteiger partial charge in [0.1, 0.15) is 6.54 Å². The van der Waals surface area contributed by atoms with Crippen LogP contribution in [0.15, 0.2) is 23.0 Å². The van der Waals surface area contributed by atoms with Crippen molar-refractivity contribution in [3.05, 3.63) is 34.2 Å². The summed E-state index contributed by atoms with van der Waals surface area (Å²) in [4.78, 5) is 24.6. The molecule has 3 rings (SSSR count). The first-order valence-corrected chi connectivity index (χ1v) is 7.39. The average Bonchev–Trinajstić information content (AvgIpc) is 2.45. The number of hydrogen-bond donors (Lipinski definition) is 2. The Bertz CT molecular complexity index is 643. The van der Waals surface area contributed by atoms with Gasteiger partial charge in [-0.3, -0.25) is 9.59 Å². The van der Waals surface area contributed by atoms with Crippen molar-refractivity contribution in [3.63, 3.8) is 0 Å². The number of hydrogen-bond acceptors (Lipinski definition) is 3. The van der Waals surface area contributed by atoms with Gasteiger partial charge in [0.25, 0.3) is 5.56 Å². The second kappa shape index (κ2) is 5.48. The predicted molar refractivity (Wildman–Crippen MR) is 81.4 cm³/mol. The van der Waals surface area contributed by atoms with Crippen LogP contribution in [0.1, 0.15) is 18.0 Å². The summed E-state index contributed by atoms with van der Waals surface area (Å²) in [6, 6.07) is 5.40. The SMILES string of the molecule is O=C(O)CNC(=S)N1C[C@H]2C[C@H](C1)c1cccc(=O)n1C2. The summed E-state index contributed by atoms with van der Waals surface area (Å²) in [7, 11) is 0. The molecule has 2 aliphatic heterocycles. The third-order valence-corrected chi connectivity index (χ3v) is 4.56. The first kappa shape index (κ1) is 14.1. The van der Waals surface area contributed by atoms with Crippen molar-refractivity contribution in [3.8, 4) is 0 Å². The maximum Gasteiger partial charge on any atom is 0.322 e. The van der Waals surface area contributed by atoms with E-state index in [0.29, 0.717) is 17.6 Å². The number of rotatable bonds is 2. The molecule has 0 aromatic carbocycles. The summed E-state index contributed by atoms with van der Waals surface area (Å²) < 4.78 is 1.86. The van der Waals surface area contributed by atoms with Gasteiger partial charge in [-0.2, -0.15) is 0 Å². The van der Waals surface area contributed by atoms with Crippen LogP contribution in [0, 0.1) is 5.92 Å². The van der Waals surface area contributed by atoms with Gasteiger partial charge in [0.05, 0.1) is 0 Å². The molecule has 1 aromatic heterocycles. The number of piperidine rings is 1. The number of aromatic nitrogens is 1. The van der Waals surface area contributed by atoms with Crippen LogP contribution in [0.2, 0.25) is 0 Å². The van der Waals surface area contributed by atoms with Crippen molar-refractivity contribution in [1.82, 2.24) is 14.8 Å². The molecule has 0 unspecified atom stereocenters. The molecule has 0 radical (unpaired) electrons. The van der Waals surface area contributed by atoms with E-state index < -0.39 is 5.97 Å². The van der Waals surface area contributed by atoms with Gasteiger partial charge in [-0.1, -0.05) is 6.07 Å². The van der Waals surface area contributed by atoms with E-state index >= 15 is 0 Å². The molecular weight excluding hydrogens is 290 g/mol. The Hall–Kier alpha value is -1.89. The number of carbonyl (C=O) groups is 1. The number of thiocarbonyl (C=S) groups is 1. The first-order chi connectivity index (χ1) is 10.0.